The molecule has 0 aliphatic rings. The van der Waals surface area contributed by atoms with Gasteiger partial charge in [0, 0.05) is 12.2 Å². The van der Waals surface area contributed by atoms with E-state index in [-0.39, 0.29) is 6.61 Å². The molecular weight excluding hydrogens is 520 g/mol. The first kappa shape index (κ1) is 38.9. The van der Waals surface area contributed by atoms with Crippen LogP contribution >= 0.6 is 0 Å². The first-order valence-electron chi connectivity index (χ1n) is 15.1. The van der Waals surface area contributed by atoms with Gasteiger partial charge < -0.3 is 42.6 Å². The summed E-state index contributed by atoms with van der Waals surface area (Å²) in [4.78, 5) is 11.2. The largest absolute Gasteiger partial charge is 0.460 e. The second kappa shape index (κ2) is 34.1. The highest BCUT2D eigenvalue weighted by atomic mass is 16.6. The number of hydrogen-bond donors (Lipinski definition) is 0. The van der Waals surface area contributed by atoms with E-state index in [2.05, 4.69) is 13.5 Å². The van der Waals surface area contributed by atoms with E-state index in [0.29, 0.717) is 105 Å². The average Bonchev–Trinajstić information content (AvgIpc) is 2.95. The zero-order chi connectivity index (χ0) is 29.2. The van der Waals surface area contributed by atoms with E-state index >= 15 is 0 Å². The van der Waals surface area contributed by atoms with E-state index in [1.807, 2.05) is 0 Å². The van der Waals surface area contributed by atoms with Gasteiger partial charge in [0.1, 0.15) is 6.61 Å². The molecule has 0 amide bonds. The van der Waals surface area contributed by atoms with E-state index < -0.39 is 5.97 Å². The van der Waals surface area contributed by atoms with Crippen LogP contribution in [-0.4, -0.2) is 118 Å². The maximum atomic E-state index is 11.2. The van der Waals surface area contributed by atoms with Crippen molar-refractivity contribution in [3.63, 3.8) is 0 Å². The van der Waals surface area contributed by atoms with Crippen molar-refractivity contribution in [2.75, 3.05) is 112 Å². The topological polar surface area (TPSA) is 100 Å². The molecule has 0 bridgehead atoms. The number of hydrogen-bond acceptors (Lipinski definition) is 10. The molecule has 40 heavy (non-hydrogen) atoms. The summed E-state index contributed by atoms with van der Waals surface area (Å²) in [6.45, 7) is 16.1. The molecule has 238 valence electrons. The van der Waals surface area contributed by atoms with Gasteiger partial charge in [-0.25, -0.2) is 4.79 Å². The number of ether oxygens (including phenoxy) is 9. The van der Waals surface area contributed by atoms with Gasteiger partial charge in [-0.3, -0.25) is 0 Å². The fourth-order valence-electron chi connectivity index (χ4n) is 3.30. The Kier molecular flexibility index (Phi) is 33.1. The quantitative estimate of drug-likeness (QED) is 0.0621. The molecular formula is C30H58O10. The van der Waals surface area contributed by atoms with Crippen LogP contribution in [0.25, 0.3) is 0 Å². The Morgan fingerprint density at radius 2 is 0.700 bits per heavy atom. The molecule has 0 fully saturated rings. The van der Waals surface area contributed by atoms with Crippen molar-refractivity contribution in [3.05, 3.63) is 12.2 Å². The molecule has 0 aromatic heterocycles. The van der Waals surface area contributed by atoms with Crippen LogP contribution in [0.2, 0.25) is 0 Å². The third-order valence-electron chi connectivity index (χ3n) is 5.56. The van der Waals surface area contributed by atoms with Gasteiger partial charge in [0.25, 0.3) is 0 Å². The lowest BCUT2D eigenvalue weighted by Crippen LogP contribution is -2.15. The zero-order valence-electron chi connectivity index (χ0n) is 25.5. The van der Waals surface area contributed by atoms with Crippen LogP contribution in [0.5, 0.6) is 0 Å². The Balaban J connectivity index is 3.06. The first-order chi connectivity index (χ1) is 19.7. The van der Waals surface area contributed by atoms with Crippen LogP contribution in [0.3, 0.4) is 0 Å². The minimum absolute atomic E-state index is 0.207. The van der Waals surface area contributed by atoms with E-state index in [1.165, 1.54) is 44.9 Å². The molecule has 10 nitrogen and oxygen atoms in total. The summed E-state index contributed by atoms with van der Waals surface area (Å²) in [6, 6.07) is 0. The first-order valence-corrected chi connectivity index (χ1v) is 15.1. The lowest BCUT2D eigenvalue weighted by Gasteiger charge is -2.09. The molecule has 10 heteroatoms. The van der Waals surface area contributed by atoms with Crippen molar-refractivity contribution in [2.24, 2.45) is 0 Å². The van der Waals surface area contributed by atoms with Gasteiger partial charge in [0.05, 0.1) is 99.1 Å². The van der Waals surface area contributed by atoms with Crippen molar-refractivity contribution in [1.82, 2.24) is 0 Å². The Morgan fingerprint density at radius 3 is 1.02 bits per heavy atom. The summed E-state index contributed by atoms with van der Waals surface area (Å²) in [5, 5.41) is 0. The fourth-order valence-corrected chi connectivity index (χ4v) is 3.30. The second-order valence-corrected chi connectivity index (χ2v) is 9.29. The van der Waals surface area contributed by atoms with E-state index in [1.54, 1.807) is 6.92 Å². The van der Waals surface area contributed by atoms with Crippen molar-refractivity contribution in [3.8, 4) is 0 Å². The maximum Gasteiger partial charge on any atom is 0.333 e. The molecule has 0 saturated heterocycles. The molecule has 0 aliphatic carbocycles. The third-order valence-corrected chi connectivity index (χ3v) is 5.56. The second-order valence-electron chi connectivity index (χ2n) is 9.29. The lowest BCUT2D eigenvalue weighted by atomic mass is 10.1. The van der Waals surface area contributed by atoms with Crippen molar-refractivity contribution >= 4 is 5.97 Å². The average molecular weight is 579 g/mol. The van der Waals surface area contributed by atoms with Gasteiger partial charge >= 0.3 is 5.97 Å². The predicted octanol–water partition coefficient (Wildman–Crippen LogP) is 4.38. The summed E-state index contributed by atoms with van der Waals surface area (Å²) in [5.41, 5.74) is 0.376. The summed E-state index contributed by atoms with van der Waals surface area (Å²) >= 11 is 0. The Hall–Kier alpha value is -1.11. The molecule has 0 saturated carbocycles. The van der Waals surface area contributed by atoms with Gasteiger partial charge in [0.2, 0.25) is 0 Å². The zero-order valence-corrected chi connectivity index (χ0v) is 25.5. The molecule has 0 atom stereocenters. The summed E-state index contributed by atoms with van der Waals surface area (Å²) in [7, 11) is 0. The third kappa shape index (κ3) is 33.1. The highest BCUT2D eigenvalue weighted by molar-refractivity contribution is 5.86. The minimum Gasteiger partial charge on any atom is -0.460 e. The molecule has 0 aromatic rings. The summed E-state index contributed by atoms with van der Waals surface area (Å²) < 4.78 is 48.6. The maximum absolute atomic E-state index is 11.2. The number of carbonyl (C=O) groups excluding carboxylic acids is 1. The predicted molar refractivity (Wildman–Crippen MR) is 155 cm³/mol. The minimum atomic E-state index is -0.406. The van der Waals surface area contributed by atoms with Gasteiger partial charge in [-0.05, 0) is 13.3 Å². The Morgan fingerprint density at radius 1 is 0.425 bits per heavy atom. The molecule has 0 aliphatic heterocycles. The highest BCUT2D eigenvalue weighted by Gasteiger charge is 2.02. The van der Waals surface area contributed by atoms with Crippen molar-refractivity contribution < 1.29 is 47.4 Å². The smallest absolute Gasteiger partial charge is 0.333 e. The molecule has 0 rings (SSSR count). The van der Waals surface area contributed by atoms with Gasteiger partial charge in [-0.15, -0.1) is 0 Å². The van der Waals surface area contributed by atoms with E-state index in [9.17, 15) is 4.79 Å². The molecule has 0 radical (unpaired) electrons. The Labute approximate surface area is 243 Å². The SMILES string of the molecule is C=C(C)C(=O)OCCOCCOCCOCCOCCOCCOCCOCCOCCCCCCCCCC. The number of carbonyl (C=O) groups is 1. The summed E-state index contributed by atoms with van der Waals surface area (Å²) in [6.07, 6.45) is 10.5. The van der Waals surface area contributed by atoms with Crippen LogP contribution in [0.1, 0.15) is 65.2 Å². The fraction of sp³-hybridized carbons (Fsp3) is 0.900. The van der Waals surface area contributed by atoms with E-state index in [0.717, 1.165) is 13.0 Å². The van der Waals surface area contributed by atoms with Crippen LogP contribution in [-0.2, 0) is 47.4 Å². The number of esters is 1. The Bertz CT molecular complexity index is 533. The van der Waals surface area contributed by atoms with Crippen LogP contribution < -0.4 is 0 Å². The van der Waals surface area contributed by atoms with Gasteiger partial charge in [-0.1, -0.05) is 58.4 Å². The van der Waals surface area contributed by atoms with Gasteiger partial charge in [0.15, 0.2) is 0 Å². The van der Waals surface area contributed by atoms with Crippen molar-refractivity contribution in [2.45, 2.75) is 65.2 Å². The highest BCUT2D eigenvalue weighted by Crippen LogP contribution is 2.08. The number of unbranched alkanes of at least 4 members (excludes halogenated alkanes) is 7. The molecule has 0 heterocycles. The summed E-state index contributed by atoms with van der Waals surface area (Å²) in [5.74, 6) is -0.406. The molecule has 0 aromatic carbocycles. The van der Waals surface area contributed by atoms with Gasteiger partial charge in [-0.2, -0.15) is 0 Å². The van der Waals surface area contributed by atoms with Crippen LogP contribution in [0.15, 0.2) is 12.2 Å². The molecule has 0 unspecified atom stereocenters. The molecule has 0 spiro atoms. The monoisotopic (exact) mass is 578 g/mol. The lowest BCUT2D eigenvalue weighted by molar-refractivity contribution is -0.140. The standard InChI is InChI=1S/C30H58O10/c1-4-5-6-7-8-9-10-11-12-32-13-14-33-15-16-34-17-18-35-19-20-36-21-22-37-23-24-38-25-26-39-27-28-40-30(31)29(2)3/h2,4-28H2,1,3H3. The number of rotatable bonds is 34. The van der Waals surface area contributed by atoms with E-state index in [4.69, 9.17) is 42.6 Å². The van der Waals surface area contributed by atoms with Crippen LogP contribution in [0, 0.1) is 0 Å². The normalized spacial score (nSPS) is 11.2. The molecule has 0 N–H and O–H groups in total. The van der Waals surface area contributed by atoms with Crippen LogP contribution in [0.4, 0.5) is 0 Å². The van der Waals surface area contributed by atoms with Crippen molar-refractivity contribution in [1.29, 1.82) is 0 Å².